The van der Waals surface area contributed by atoms with Gasteiger partial charge in [0, 0.05) is 11.8 Å². The van der Waals surface area contributed by atoms with Crippen molar-refractivity contribution in [3.05, 3.63) is 66.2 Å². The third-order valence-electron chi connectivity index (χ3n) is 4.86. The number of aromatic nitrogens is 3. The summed E-state index contributed by atoms with van der Waals surface area (Å²) in [6, 6.07) is 13.1. The number of carbonyl (C=O) groups excluding carboxylic acids is 1. The van der Waals surface area contributed by atoms with Crippen LogP contribution in [-0.4, -0.2) is 27.8 Å². The van der Waals surface area contributed by atoms with Crippen molar-refractivity contribution in [2.45, 2.75) is 26.4 Å². The van der Waals surface area contributed by atoms with Crippen LogP contribution in [0.5, 0.6) is 5.75 Å². The molecule has 0 fully saturated rings. The molecule has 148 valence electrons. The smallest absolute Gasteiger partial charge is 0.242 e. The fourth-order valence-corrected chi connectivity index (χ4v) is 3.45. The van der Waals surface area contributed by atoms with Crippen LogP contribution < -0.4 is 10.1 Å². The molecule has 3 heterocycles. The van der Waals surface area contributed by atoms with Crippen LogP contribution in [0.1, 0.15) is 24.2 Å². The molecule has 0 aliphatic rings. The topological polar surface area (TPSA) is 82.2 Å². The molecule has 0 aliphatic carbocycles. The molecule has 1 aromatic carbocycles. The Kier molecular flexibility index (Phi) is 5.03. The summed E-state index contributed by atoms with van der Waals surface area (Å²) in [5, 5.41) is 8.44. The van der Waals surface area contributed by atoms with E-state index in [0.717, 1.165) is 33.7 Å². The number of nitrogens with one attached hydrogen (secondary N) is 1. The summed E-state index contributed by atoms with van der Waals surface area (Å²) in [6.07, 6.45) is 3.34. The highest BCUT2D eigenvalue weighted by Gasteiger charge is 2.18. The monoisotopic (exact) mass is 390 g/mol. The number of carbonyl (C=O) groups is 1. The summed E-state index contributed by atoms with van der Waals surface area (Å²) >= 11 is 0. The number of hydrogen-bond donors (Lipinski definition) is 1. The molecule has 4 rings (SSSR count). The lowest BCUT2D eigenvalue weighted by atomic mass is 10.1. The molecular formula is C22H22N4O3. The van der Waals surface area contributed by atoms with E-state index in [1.165, 1.54) is 0 Å². The highest BCUT2D eigenvalue weighted by molar-refractivity contribution is 5.93. The molecule has 1 unspecified atom stereocenters. The van der Waals surface area contributed by atoms with Crippen molar-refractivity contribution in [2.75, 3.05) is 7.11 Å². The third kappa shape index (κ3) is 3.71. The Morgan fingerprint density at radius 2 is 2.14 bits per heavy atom. The van der Waals surface area contributed by atoms with Gasteiger partial charge in [-0.2, -0.15) is 5.10 Å². The maximum absolute atomic E-state index is 12.7. The van der Waals surface area contributed by atoms with Gasteiger partial charge < -0.3 is 14.5 Å². The molecule has 7 heteroatoms. The van der Waals surface area contributed by atoms with Gasteiger partial charge >= 0.3 is 0 Å². The fraction of sp³-hybridized carbons (Fsp3) is 0.227. The predicted molar refractivity (Wildman–Crippen MR) is 110 cm³/mol. The molecule has 7 nitrogen and oxygen atoms in total. The normalized spacial score (nSPS) is 12.1. The van der Waals surface area contributed by atoms with E-state index in [-0.39, 0.29) is 18.5 Å². The molecule has 1 atom stereocenters. The highest BCUT2D eigenvalue weighted by atomic mass is 16.5. The van der Waals surface area contributed by atoms with Crippen molar-refractivity contribution in [3.8, 4) is 17.1 Å². The molecule has 29 heavy (non-hydrogen) atoms. The van der Waals surface area contributed by atoms with Crippen molar-refractivity contribution in [3.63, 3.8) is 0 Å². The van der Waals surface area contributed by atoms with Gasteiger partial charge in [-0.25, -0.2) is 9.67 Å². The average Bonchev–Trinajstić information content (AvgIpc) is 3.37. The zero-order valence-corrected chi connectivity index (χ0v) is 16.5. The largest absolute Gasteiger partial charge is 0.497 e. The number of benzene rings is 1. The van der Waals surface area contributed by atoms with Crippen LogP contribution in [0.4, 0.5) is 0 Å². The fourth-order valence-electron chi connectivity index (χ4n) is 3.45. The van der Waals surface area contributed by atoms with Gasteiger partial charge in [-0.15, -0.1) is 0 Å². The lowest BCUT2D eigenvalue weighted by molar-refractivity contribution is -0.122. The molecule has 0 bridgehead atoms. The molecule has 3 aromatic heterocycles. The van der Waals surface area contributed by atoms with Gasteiger partial charge in [0.2, 0.25) is 5.91 Å². The van der Waals surface area contributed by atoms with Crippen molar-refractivity contribution in [2.24, 2.45) is 0 Å². The molecule has 0 saturated carbocycles. The lowest BCUT2D eigenvalue weighted by Crippen LogP contribution is -2.30. The first-order chi connectivity index (χ1) is 14.1. The minimum absolute atomic E-state index is 0.0766. The predicted octanol–water partition coefficient (Wildman–Crippen LogP) is 3.89. The molecule has 0 radical (unpaired) electrons. The maximum atomic E-state index is 12.7. The van der Waals surface area contributed by atoms with Gasteiger partial charge in [0.1, 0.15) is 18.1 Å². The van der Waals surface area contributed by atoms with E-state index >= 15 is 0 Å². The van der Waals surface area contributed by atoms with Crippen LogP contribution in [0.15, 0.2) is 59.3 Å². The standard InChI is InChI=1S/C22H22N4O3/c1-14(16-6-4-7-17(12-16)28-3)24-20(27)13-26-22-21(15(2)25-26)18(9-10-23-22)19-8-5-11-29-19/h4-12,14H,13H2,1-3H3,(H,24,27). The second-order valence-corrected chi connectivity index (χ2v) is 6.84. The zero-order chi connectivity index (χ0) is 20.4. The minimum atomic E-state index is -0.160. The number of ether oxygens (including phenoxy) is 1. The second-order valence-electron chi connectivity index (χ2n) is 6.84. The van der Waals surface area contributed by atoms with Gasteiger partial charge in [-0.1, -0.05) is 12.1 Å². The van der Waals surface area contributed by atoms with Crippen molar-refractivity contribution >= 4 is 16.9 Å². The molecule has 1 N–H and O–H groups in total. The number of furan rings is 1. The van der Waals surface area contributed by atoms with Crippen molar-refractivity contribution in [1.29, 1.82) is 0 Å². The minimum Gasteiger partial charge on any atom is -0.497 e. The zero-order valence-electron chi connectivity index (χ0n) is 16.5. The Morgan fingerprint density at radius 1 is 1.28 bits per heavy atom. The van der Waals surface area contributed by atoms with Crippen LogP contribution in [0, 0.1) is 6.92 Å². The summed E-state index contributed by atoms with van der Waals surface area (Å²) in [4.78, 5) is 17.1. The van der Waals surface area contributed by atoms with Crippen LogP contribution in [0.2, 0.25) is 0 Å². The number of hydrogen-bond acceptors (Lipinski definition) is 5. The summed E-state index contributed by atoms with van der Waals surface area (Å²) in [7, 11) is 1.62. The van der Waals surface area contributed by atoms with E-state index in [0.29, 0.717) is 5.65 Å². The van der Waals surface area contributed by atoms with E-state index in [1.54, 1.807) is 24.3 Å². The number of methoxy groups -OCH3 is 1. The Balaban J connectivity index is 1.56. The Hall–Kier alpha value is -3.61. The summed E-state index contributed by atoms with van der Waals surface area (Å²) in [5.41, 5.74) is 3.33. The molecule has 0 spiro atoms. The third-order valence-corrected chi connectivity index (χ3v) is 4.86. The van der Waals surface area contributed by atoms with Crippen LogP contribution in [0.25, 0.3) is 22.4 Å². The molecule has 4 aromatic rings. The molecular weight excluding hydrogens is 368 g/mol. The number of amides is 1. The summed E-state index contributed by atoms with van der Waals surface area (Å²) in [6.45, 7) is 3.92. The van der Waals surface area contributed by atoms with Crippen molar-refractivity contribution in [1.82, 2.24) is 20.1 Å². The SMILES string of the molecule is COc1cccc(C(C)NC(=O)Cn2nc(C)c3c(-c4ccco4)ccnc32)c1. The first-order valence-corrected chi connectivity index (χ1v) is 9.36. The molecule has 0 saturated heterocycles. The summed E-state index contributed by atoms with van der Waals surface area (Å²) in [5.74, 6) is 1.36. The maximum Gasteiger partial charge on any atom is 0.242 e. The number of fused-ring (bicyclic) bond motifs is 1. The van der Waals surface area contributed by atoms with E-state index in [9.17, 15) is 4.79 Å². The van der Waals surface area contributed by atoms with Gasteiger partial charge in [0.05, 0.1) is 30.5 Å². The van der Waals surface area contributed by atoms with E-state index < -0.39 is 0 Å². The number of rotatable bonds is 6. The van der Waals surface area contributed by atoms with Gasteiger partial charge in [0.15, 0.2) is 5.65 Å². The molecule has 0 aliphatic heterocycles. The van der Waals surface area contributed by atoms with Gasteiger partial charge in [-0.3, -0.25) is 4.79 Å². The van der Waals surface area contributed by atoms with Crippen LogP contribution in [-0.2, 0) is 11.3 Å². The van der Waals surface area contributed by atoms with E-state index in [1.807, 2.05) is 56.3 Å². The Labute approximate surface area is 168 Å². The van der Waals surface area contributed by atoms with Gasteiger partial charge in [0.25, 0.3) is 0 Å². The first-order valence-electron chi connectivity index (χ1n) is 9.36. The second kappa shape index (κ2) is 7.79. The average molecular weight is 390 g/mol. The van der Waals surface area contributed by atoms with Crippen LogP contribution in [0.3, 0.4) is 0 Å². The van der Waals surface area contributed by atoms with Crippen LogP contribution >= 0.6 is 0 Å². The Morgan fingerprint density at radius 3 is 2.90 bits per heavy atom. The number of pyridine rings is 1. The number of nitrogens with zero attached hydrogens (tertiary/aromatic N) is 3. The Bertz CT molecular complexity index is 1150. The number of aryl methyl sites for hydroxylation is 1. The molecule has 1 amide bonds. The van der Waals surface area contributed by atoms with E-state index in [2.05, 4.69) is 15.4 Å². The first kappa shape index (κ1) is 18.7. The van der Waals surface area contributed by atoms with Crippen molar-refractivity contribution < 1.29 is 13.9 Å². The quantitative estimate of drug-likeness (QED) is 0.540. The highest BCUT2D eigenvalue weighted by Crippen LogP contribution is 2.30. The van der Waals surface area contributed by atoms with Gasteiger partial charge in [-0.05, 0) is 49.7 Å². The summed E-state index contributed by atoms with van der Waals surface area (Å²) < 4.78 is 12.4. The van der Waals surface area contributed by atoms with E-state index in [4.69, 9.17) is 9.15 Å². The lowest BCUT2D eigenvalue weighted by Gasteiger charge is -2.15.